The highest BCUT2D eigenvalue weighted by Gasteiger charge is 2.19. The van der Waals surface area contributed by atoms with E-state index in [0.717, 1.165) is 30.0 Å². The Labute approximate surface area is 147 Å². The van der Waals surface area contributed by atoms with Gasteiger partial charge in [-0.15, -0.1) is 0 Å². The molecule has 0 atom stereocenters. The second-order valence-corrected chi connectivity index (χ2v) is 6.34. The van der Waals surface area contributed by atoms with Gasteiger partial charge in [0.25, 0.3) is 0 Å². The normalized spacial score (nSPS) is 16.3. The number of ether oxygens (including phenoxy) is 2. The van der Waals surface area contributed by atoms with Gasteiger partial charge in [0.2, 0.25) is 5.91 Å². The van der Waals surface area contributed by atoms with Gasteiger partial charge >= 0.3 is 0 Å². The molecule has 0 saturated heterocycles. The molecular formula is C21H21NO3. The van der Waals surface area contributed by atoms with Crippen LogP contribution in [0.1, 0.15) is 17.5 Å². The smallest absolute Gasteiger partial charge is 0.227 e. The summed E-state index contributed by atoms with van der Waals surface area (Å²) in [6.07, 6.45) is 3.46. The lowest BCUT2D eigenvalue weighted by molar-refractivity contribution is -0.130. The van der Waals surface area contributed by atoms with E-state index in [0.29, 0.717) is 26.2 Å². The Hall–Kier alpha value is -2.75. The Morgan fingerprint density at radius 2 is 1.80 bits per heavy atom. The predicted molar refractivity (Wildman–Crippen MR) is 96.8 cm³/mol. The molecule has 0 aromatic heterocycles. The molecule has 0 saturated carbocycles. The van der Waals surface area contributed by atoms with Crippen LogP contribution in [0, 0.1) is 0 Å². The summed E-state index contributed by atoms with van der Waals surface area (Å²) in [6, 6.07) is 16.1. The molecule has 128 valence electrons. The summed E-state index contributed by atoms with van der Waals surface area (Å²) < 4.78 is 11.1. The first-order valence-electron chi connectivity index (χ1n) is 8.70. The minimum atomic E-state index is 0.153. The highest BCUT2D eigenvalue weighted by molar-refractivity contribution is 5.80. The number of rotatable bonds is 3. The molecule has 0 N–H and O–H groups in total. The van der Waals surface area contributed by atoms with E-state index in [1.807, 2.05) is 29.2 Å². The van der Waals surface area contributed by atoms with Crippen molar-refractivity contribution in [3.05, 3.63) is 65.7 Å². The van der Waals surface area contributed by atoms with Crippen LogP contribution in [-0.2, 0) is 11.2 Å². The second-order valence-electron chi connectivity index (χ2n) is 6.34. The van der Waals surface area contributed by atoms with Crippen molar-refractivity contribution >= 4 is 11.5 Å². The van der Waals surface area contributed by atoms with E-state index in [-0.39, 0.29) is 5.91 Å². The minimum absolute atomic E-state index is 0.153. The quantitative estimate of drug-likeness (QED) is 0.864. The van der Waals surface area contributed by atoms with Crippen molar-refractivity contribution in [1.29, 1.82) is 0 Å². The largest absolute Gasteiger partial charge is 0.486 e. The Bertz CT molecular complexity index is 798. The van der Waals surface area contributed by atoms with E-state index >= 15 is 0 Å². The van der Waals surface area contributed by atoms with E-state index in [4.69, 9.17) is 9.47 Å². The van der Waals surface area contributed by atoms with Crippen molar-refractivity contribution in [3.8, 4) is 11.5 Å². The molecule has 0 aliphatic carbocycles. The molecule has 0 radical (unpaired) electrons. The molecule has 2 heterocycles. The van der Waals surface area contributed by atoms with Crippen LogP contribution in [0.3, 0.4) is 0 Å². The average molecular weight is 335 g/mol. The molecule has 0 bridgehead atoms. The SMILES string of the molecule is O=C(Cc1ccc2c(c1)OCCO2)N1CC=C(c2ccccc2)CC1. The molecule has 4 rings (SSSR count). The number of carbonyl (C=O) groups is 1. The third kappa shape index (κ3) is 3.53. The summed E-state index contributed by atoms with van der Waals surface area (Å²) in [7, 11) is 0. The summed E-state index contributed by atoms with van der Waals surface area (Å²) in [5.41, 5.74) is 3.54. The van der Waals surface area contributed by atoms with Crippen LogP contribution < -0.4 is 9.47 Å². The summed E-state index contributed by atoms with van der Waals surface area (Å²) in [5.74, 6) is 1.65. The van der Waals surface area contributed by atoms with E-state index in [9.17, 15) is 4.79 Å². The Kier molecular flexibility index (Phi) is 4.42. The van der Waals surface area contributed by atoms with Crippen molar-refractivity contribution in [1.82, 2.24) is 4.90 Å². The molecule has 25 heavy (non-hydrogen) atoms. The highest BCUT2D eigenvalue weighted by Crippen LogP contribution is 2.31. The maximum atomic E-state index is 12.6. The van der Waals surface area contributed by atoms with Crippen LogP contribution in [0.2, 0.25) is 0 Å². The standard InChI is InChI=1S/C21H21NO3/c23-21(15-16-6-7-19-20(14-16)25-13-12-24-19)22-10-8-18(9-11-22)17-4-2-1-3-5-17/h1-8,14H,9-13,15H2. The first-order valence-corrected chi connectivity index (χ1v) is 8.70. The minimum Gasteiger partial charge on any atom is -0.486 e. The van der Waals surface area contributed by atoms with Crippen molar-refractivity contribution in [2.75, 3.05) is 26.3 Å². The fourth-order valence-electron chi connectivity index (χ4n) is 3.29. The molecule has 1 amide bonds. The zero-order valence-corrected chi connectivity index (χ0v) is 14.1. The zero-order valence-electron chi connectivity index (χ0n) is 14.1. The maximum absolute atomic E-state index is 12.6. The van der Waals surface area contributed by atoms with E-state index in [1.54, 1.807) is 0 Å². The monoisotopic (exact) mass is 335 g/mol. The molecule has 2 aromatic carbocycles. The number of hydrogen-bond donors (Lipinski definition) is 0. The molecule has 0 spiro atoms. The lowest BCUT2D eigenvalue weighted by atomic mass is 9.99. The molecule has 0 unspecified atom stereocenters. The number of nitrogens with zero attached hydrogens (tertiary/aromatic N) is 1. The molecule has 2 aliphatic heterocycles. The number of amides is 1. The summed E-state index contributed by atoms with van der Waals surface area (Å²) >= 11 is 0. The Balaban J connectivity index is 1.40. The van der Waals surface area contributed by atoms with Crippen LogP contribution in [0.15, 0.2) is 54.6 Å². The molecule has 4 heteroatoms. The van der Waals surface area contributed by atoms with Gasteiger partial charge in [-0.05, 0) is 35.3 Å². The van der Waals surface area contributed by atoms with Gasteiger partial charge in [0.05, 0.1) is 6.42 Å². The van der Waals surface area contributed by atoms with E-state index < -0.39 is 0 Å². The lowest BCUT2D eigenvalue weighted by Crippen LogP contribution is -2.35. The predicted octanol–water partition coefficient (Wildman–Crippen LogP) is 3.32. The van der Waals surface area contributed by atoms with Gasteiger partial charge in [-0.1, -0.05) is 42.5 Å². The van der Waals surface area contributed by atoms with Crippen LogP contribution in [0.5, 0.6) is 11.5 Å². The van der Waals surface area contributed by atoms with Crippen LogP contribution >= 0.6 is 0 Å². The van der Waals surface area contributed by atoms with Gasteiger partial charge in [0, 0.05) is 13.1 Å². The van der Waals surface area contributed by atoms with Gasteiger partial charge in [-0.2, -0.15) is 0 Å². The van der Waals surface area contributed by atoms with Crippen molar-refractivity contribution in [2.24, 2.45) is 0 Å². The topological polar surface area (TPSA) is 38.8 Å². The third-order valence-corrected chi connectivity index (χ3v) is 4.67. The van der Waals surface area contributed by atoms with Crippen LogP contribution in [-0.4, -0.2) is 37.1 Å². The number of benzene rings is 2. The fraction of sp³-hybridized carbons (Fsp3) is 0.286. The number of fused-ring (bicyclic) bond motifs is 1. The van der Waals surface area contributed by atoms with Gasteiger partial charge in [-0.3, -0.25) is 4.79 Å². The first kappa shape index (κ1) is 15.8. The summed E-state index contributed by atoms with van der Waals surface area (Å²) in [4.78, 5) is 14.5. The summed E-state index contributed by atoms with van der Waals surface area (Å²) in [5, 5.41) is 0. The average Bonchev–Trinajstić information content (AvgIpc) is 2.69. The van der Waals surface area contributed by atoms with Crippen molar-refractivity contribution in [2.45, 2.75) is 12.8 Å². The van der Waals surface area contributed by atoms with Crippen molar-refractivity contribution in [3.63, 3.8) is 0 Å². The van der Waals surface area contributed by atoms with E-state index in [1.165, 1.54) is 11.1 Å². The molecule has 0 fully saturated rings. The summed E-state index contributed by atoms with van der Waals surface area (Å²) in [6.45, 7) is 2.58. The number of carbonyl (C=O) groups excluding carboxylic acids is 1. The van der Waals surface area contributed by atoms with Crippen molar-refractivity contribution < 1.29 is 14.3 Å². The molecular weight excluding hydrogens is 314 g/mol. The Morgan fingerprint density at radius 1 is 1.00 bits per heavy atom. The van der Waals surface area contributed by atoms with Gasteiger partial charge in [0.15, 0.2) is 11.5 Å². The van der Waals surface area contributed by atoms with Crippen LogP contribution in [0.4, 0.5) is 0 Å². The lowest BCUT2D eigenvalue weighted by Gasteiger charge is -2.27. The molecule has 2 aliphatic rings. The van der Waals surface area contributed by atoms with Gasteiger partial charge in [0.1, 0.15) is 13.2 Å². The third-order valence-electron chi connectivity index (χ3n) is 4.67. The van der Waals surface area contributed by atoms with E-state index in [2.05, 4.69) is 30.3 Å². The highest BCUT2D eigenvalue weighted by atomic mass is 16.6. The van der Waals surface area contributed by atoms with Gasteiger partial charge < -0.3 is 14.4 Å². The maximum Gasteiger partial charge on any atom is 0.227 e. The van der Waals surface area contributed by atoms with Gasteiger partial charge in [-0.25, -0.2) is 0 Å². The number of hydrogen-bond acceptors (Lipinski definition) is 3. The molecule has 2 aromatic rings. The first-order chi connectivity index (χ1) is 12.3. The fourth-order valence-corrected chi connectivity index (χ4v) is 3.29. The second kappa shape index (κ2) is 7.01. The molecule has 4 nitrogen and oxygen atoms in total. The van der Waals surface area contributed by atoms with Crippen LogP contribution in [0.25, 0.3) is 5.57 Å². The Morgan fingerprint density at radius 3 is 2.56 bits per heavy atom. The zero-order chi connectivity index (χ0) is 17.1.